The van der Waals surface area contributed by atoms with Crippen LogP contribution in [-0.4, -0.2) is 245 Å². The minimum absolute atomic E-state index is 0.168. The zero-order valence-corrected chi connectivity index (χ0v) is 26.5. The van der Waals surface area contributed by atoms with Gasteiger partial charge in [-0.1, -0.05) is 0 Å². The van der Waals surface area contributed by atoms with E-state index in [-0.39, 0.29) is 26.2 Å². The Morgan fingerprint density at radius 3 is 0.980 bits per heavy atom. The number of aliphatic carboxylic acids is 3. The topological polar surface area (TPSA) is 382 Å². The highest BCUT2D eigenvalue weighted by atomic mass is 16.4. The van der Waals surface area contributed by atoms with Gasteiger partial charge in [-0.2, -0.15) is 0 Å². The first-order valence-corrected chi connectivity index (χ1v) is 14.8. The van der Waals surface area contributed by atoms with Gasteiger partial charge in [0.1, 0.15) is 36.6 Å². The fourth-order valence-electron chi connectivity index (χ4n) is 4.16. The third-order valence-electron chi connectivity index (χ3n) is 6.94. The van der Waals surface area contributed by atoms with E-state index in [1.165, 1.54) is 4.90 Å². The fourth-order valence-corrected chi connectivity index (χ4v) is 4.16. The molecule has 2 amide bonds. The number of hydrogen-bond acceptors (Lipinski definition) is 18. The molecule has 49 heavy (non-hydrogen) atoms. The standard InChI is InChI=1S/C26H49N5O18/c32-12-16(36)25(48)23(46)14(34)5-27-18(38)7-30(10-21(42)43)3-1-29(9-20(40)41)2-4-31(11-22(44)45)8-19(39)28-6-15(35)24(47)26(49)17(37)13-33/h14-17,23-26,32-37,46-49H,1-13H2,(H,27,38)(H,28,39)(H,40,41)(H,42,43)(H,44,45)/t14-,15-,16+,17+,23+,24+,25+,26+/m0/s1. The molecule has 0 saturated carbocycles. The molecule has 0 rings (SSSR count). The molecule has 0 aliphatic rings. The summed E-state index contributed by atoms with van der Waals surface area (Å²) in [5, 5.41) is 128. The van der Waals surface area contributed by atoms with Crippen LogP contribution in [0.25, 0.3) is 0 Å². The number of carbonyl (C=O) groups is 5. The second-order valence-corrected chi connectivity index (χ2v) is 11.1. The Bertz CT molecular complexity index is 957. The van der Waals surface area contributed by atoms with Crippen molar-refractivity contribution < 1.29 is 90.4 Å². The van der Waals surface area contributed by atoms with Crippen LogP contribution in [-0.2, 0) is 24.0 Å². The van der Waals surface area contributed by atoms with Gasteiger partial charge in [0.2, 0.25) is 11.8 Å². The van der Waals surface area contributed by atoms with Crippen molar-refractivity contribution in [3.63, 3.8) is 0 Å². The van der Waals surface area contributed by atoms with Gasteiger partial charge in [0, 0.05) is 39.3 Å². The molecule has 0 heterocycles. The maximum Gasteiger partial charge on any atom is 0.317 e. The second kappa shape index (κ2) is 24.1. The number of carboxylic acid groups (broad SMARTS) is 3. The fraction of sp³-hybridized carbons (Fsp3) is 0.808. The predicted octanol–water partition coefficient (Wildman–Crippen LogP) is -9.75. The molecule has 0 saturated heterocycles. The largest absolute Gasteiger partial charge is 0.480 e. The number of nitrogens with zero attached hydrogens (tertiary/aromatic N) is 3. The summed E-state index contributed by atoms with van der Waals surface area (Å²) in [6.07, 6.45) is -14.9. The van der Waals surface area contributed by atoms with Gasteiger partial charge in [0.25, 0.3) is 0 Å². The van der Waals surface area contributed by atoms with Crippen molar-refractivity contribution in [1.82, 2.24) is 25.3 Å². The van der Waals surface area contributed by atoms with E-state index in [0.717, 1.165) is 9.80 Å². The highest BCUT2D eigenvalue weighted by Crippen LogP contribution is 2.06. The summed E-state index contributed by atoms with van der Waals surface area (Å²) in [6, 6.07) is 0. The van der Waals surface area contributed by atoms with E-state index in [1.807, 2.05) is 0 Å². The molecule has 15 N–H and O–H groups in total. The van der Waals surface area contributed by atoms with E-state index in [1.54, 1.807) is 0 Å². The zero-order chi connectivity index (χ0) is 37.8. The third-order valence-corrected chi connectivity index (χ3v) is 6.94. The van der Waals surface area contributed by atoms with Crippen molar-refractivity contribution in [2.45, 2.75) is 48.8 Å². The SMILES string of the molecule is O=C(O)CN(CCN(CC(=O)O)CC(=O)NC[C@H](O)[C@@H](O)[C@H](O)[C@H](O)CO)CCN(CC(=O)O)CC(=O)NC[C@H](O)[C@@H](O)[C@H](O)[C@H](O)CO. The zero-order valence-electron chi connectivity index (χ0n) is 26.5. The molecule has 0 fully saturated rings. The molecule has 0 unspecified atom stereocenters. The van der Waals surface area contributed by atoms with Crippen molar-refractivity contribution in [2.24, 2.45) is 0 Å². The summed E-state index contributed by atoms with van der Waals surface area (Å²) >= 11 is 0. The van der Waals surface area contributed by atoms with Crippen LogP contribution in [0.1, 0.15) is 0 Å². The summed E-state index contributed by atoms with van der Waals surface area (Å²) in [6.45, 7) is -7.04. The molecule has 0 aromatic heterocycles. The van der Waals surface area contributed by atoms with Crippen molar-refractivity contribution in [3.8, 4) is 0 Å². The van der Waals surface area contributed by atoms with Crippen LogP contribution in [0.2, 0.25) is 0 Å². The molecule has 0 bridgehead atoms. The van der Waals surface area contributed by atoms with Crippen LogP contribution in [0.5, 0.6) is 0 Å². The van der Waals surface area contributed by atoms with Crippen LogP contribution in [0, 0.1) is 0 Å². The van der Waals surface area contributed by atoms with Crippen molar-refractivity contribution in [2.75, 3.05) is 85.2 Å². The van der Waals surface area contributed by atoms with Gasteiger partial charge in [0.05, 0.1) is 58.1 Å². The smallest absolute Gasteiger partial charge is 0.317 e. The Hall–Kier alpha value is -3.17. The van der Waals surface area contributed by atoms with E-state index >= 15 is 0 Å². The number of hydrogen-bond donors (Lipinski definition) is 15. The molecule has 23 heteroatoms. The Labute approximate surface area is 279 Å². The normalized spacial score (nSPS) is 16.8. The number of nitrogens with one attached hydrogen (secondary N) is 2. The maximum atomic E-state index is 12.4. The van der Waals surface area contributed by atoms with E-state index in [9.17, 15) is 80.1 Å². The van der Waals surface area contributed by atoms with Crippen LogP contribution in [0.3, 0.4) is 0 Å². The Morgan fingerprint density at radius 2 is 0.694 bits per heavy atom. The molecule has 286 valence electrons. The number of amides is 2. The number of aliphatic hydroxyl groups is 10. The maximum absolute atomic E-state index is 12.4. The first-order valence-electron chi connectivity index (χ1n) is 14.8. The van der Waals surface area contributed by atoms with Gasteiger partial charge in [-0.15, -0.1) is 0 Å². The van der Waals surface area contributed by atoms with Gasteiger partial charge >= 0.3 is 17.9 Å². The van der Waals surface area contributed by atoms with Crippen LogP contribution >= 0.6 is 0 Å². The van der Waals surface area contributed by atoms with Gasteiger partial charge in [0.15, 0.2) is 0 Å². The molecular weight excluding hydrogens is 670 g/mol. The van der Waals surface area contributed by atoms with Gasteiger partial charge in [-0.25, -0.2) is 0 Å². The second-order valence-electron chi connectivity index (χ2n) is 11.1. The minimum Gasteiger partial charge on any atom is -0.480 e. The lowest BCUT2D eigenvalue weighted by molar-refractivity contribution is -0.141. The van der Waals surface area contributed by atoms with Crippen molar-refractivity contribution >= 4 is 29.7 Å². The summed E-state index contributed by atoms with van der Waals surface area (Å²) in [5.74, 6) is -5.71. The highest BCUT2D eigenvalue weighted by Gasteiger charge is 2.31. The molecule has 0 spiro atoms. The number of carbonyl (C=O) groups excluding carboxylic acids is 2. The van der Waals surface area contributed by atoms with Crippen LogP contribution in [0.15, 0.2) is 0 Å². The Balaban J connectivity index is 5.28. The number of rotatable bonds is 28. The molecule has 0 radical (unpaired) electrons. The van der Waals surface area contributed by atoms with Crippen molar-refractivity contribution in [3.05, 3.63) is 0 Å². The lowest BCUT2D eigenvalue weighted by Gasteiger charge is -2.28. The molecule has 0 aromatic rings. The molecule has 0 aliphatic heterocycles. The first kappa shape index (κ1) is 45.8. The quantitative estimate of drug-likeness (QED) is 0.0357. The third kappa shape index (κ3) is 19.6. The van der Waals surface area contributed by atoms with Crippen LogP contribution in [0.4, 0.5) is 0 Å². The van der Waals surface area contributed by atoms with Crippen molar-refractivity contribution in [1.29, 1.82) is 0 Å². The summed E-state index contributed by atoms with van der Waals surface area (Å²) in [5.41, 5.74) is 0. The molecular formula is C26H49N5O18. The van der Waals surface area contributed by atoms with Gasteiger partial charge in [-0.05, 0) is 0 Å². The average Bonchev–Trinajstić information content (AvgIpc) is 3.03. The average molecular weight is 720 g/mol. The number of aliphatic hydroxyl groups excluding tert-OH is 10. The van der Waals surface area contributed by atoms with Gasteiger partial charge < -0.3 is 77.0 Å². The summed E-state index contributed by atoms with van der Waals surface area (Å²) < 4.78 is 0. The van der Waals surface area contributed by atoms with Gasteiger partial charge in [-0.3, -0.25) is 38.7 Å². The summed E-state index contributed by atoms with van der Waals surface area (Å²) in [4.78, 5) is 62.5. The number of carboxylic acids is 3. The molecule has 0 aromatic carbocycles. The minimum atomic E-state index is -1.96. The Morgan fingerprint density at radius 1 is 0.429 bits per heavy atom. The lowest BCUT2D eigenvalue weighted by atomic mass is 10.0. The monoisotopic (exact) mass is 719 g/mol. The summed E-state index contributed by atoms with van der Waals surface area (Å²) in [7, 11) is 0. The van der Waals surface area contributed by atoms with Crippen LogP contribution < -0.4 is 10.6 Å². The van der Waals surface area contributed by atoms with E-state index in [0.29, 0.717) is 0 Å². The lowest BCUT2D eigenvalue weighted by Crippen LogP contribution is -2.51. The Kier molecular flexibility index (Phi) is 22.5. The predicted molar refractivity (Wildman–Crippen MR) is 160 cm³/mol. The highest BCUT2D eigenvalue weighted by molar-refractivity contribution is 5.79. The van der Waals surface area contributed by atoms with E-state index in [4.69, 9.17) is 10.2 Å². The molecule has 23 nitrogen and oxygen atoms in total. The molecule has 8 atom stereocenters. The molecule has 0 aliphatic carbocycles. The van der Waals surface area contributed by atoms with E-state index < -0.39 is 138 Å². The first-order chi connectivity index (χ1) is 22.8. The van der Waals surface area contributed by atoms with E-state index in [2.05, 4.69) is 10.6 Å².